The first kappa shape index (κ1) is 19.6. The lowest BCUT2D eigenvalue weighted by Crippen LogP contribution is -2.40. The molecule has 1 saturated carbocycles. The summed E-state index contributed by atoms with van der Waals surface area (Å²) in [4.78, 5) is 16.9. The number of hydrogen-bond donors (Lipinski definition) is 2. The van der Waals surface area contributed by atoms with Crippen LogP contribution in [0.15, 0.2) is 48.7 Å². The van der Waals surface area contributed by atoms with Crippen molar-refractivity contribution < 1.29 is 9.18 Å². The van der Waals surface area contributed by atoms with Crippen LogP contribution in [0.25, 0.3) is 10.9 Å². The smallest absolute Gasteiger partial charge is 0.251 e. The Kier molecular flexibility index (Phi) is 5.67. The van der Waals surface area contributed by atoms with Crippen LogP contribution >= 0.6 is 11.6 Å². The number of anilines is 1. The van der Waals surface area contributed by atoms with E-state index in [9.17, 15) is 9.18 Å². The number of fused-ring (bicyclic) bond motifs is 1. The lowest BCUT2D eigenvalue weighted by molar-refractivity contribution is 0.0925. The Labute approximate surface area is 174 Å². The molecular weight excluding hydrogens is 389 g/mol. The van der Waals surface area contributed by atoms with Crippen LogP contribution in [-0.4, -0.2) is 23.0 Å². The molecule has 0 atom stereocenters. The maximum Gasteiger partial charge on any atom is 0.251 e. The van der Waals surface area contributed by atoms with Gasteiger partial charge in [-0.05, 0) is 74.6 Å². The number of carbonyl (C=O) groups excluding carboxylic acids is 1. The highest BCUT2D eigenvalue weighted by Gasteiger charge is 2.23. The van der Waals surface area contributed by atoms with Gasteiger partial charge < -0.3 is 10.6 Å². The number of benzene rings is 2. The van der Waals surface area contributed by atoms with Crippen LogP contribution in [0.5, 0.6) is 0 Å². The van der Waals surface area contributed by atoms with Crippen molar-refractivity contribution in [3.63, 3.8) is 0 Å². The highest BCUT2D eigenvalue weighted by molar-refractivity contribution is 6.31. The van der Waals surface area contributed by atoms with E-state index in [4.69, 9.17) is 11.6 Å². The van der Waals surface area contributed by atoms with E-state index in [0.29, 0.717) is 16.6 Å². The van der Waals surface area contributed by atoms with Crippen molar-refractivity contribution in [2.75, 3.05) is 5.32 Å². The standard InChI is InChI=1S/C23H23ClFN3O/c1-14-2-4-16(25)13-20(14)23(29)28-18-7-5-17(6-8-18)27-21-10-11-26-22-12-15(24)3-9-19(21)22/h2-4,9-13,17-18H,5-8H2,1H3,(H,26,27)(H,28,29). The molecular formula is C23H23ClFN3O. The molecule has 2 N–H and O–H groups in total. The minimum absolute atomic E-state index is 0.108. The Morgan fingerprint density at radius 3 is 2.62 bits per heavy atom. The minimum atomic E-state index is -0.389. The first-order valence-corrected chi connectivity index (χ1v) is 10.3. The molecule has 1 aliphatic rings. The van der Waals surface area contributed by atoms with Crippen molar-refractivity contribution in [3.05, 3.63) is 70.6 Å². The molecule has 150 valence electrons. The summed E-state index contributed by atoms with van der Waals surface area (Å²) in [6.45, 7) is 1.82. The zero-order valence-electron chi connectivity index (χ0n) is 16.2. The summed E-state index contributed by atoms with van der Waals surface area (Å²) in [5.41, 5.74) is 3.11. The van der Waals surface area contributed by atoms with E-state index in [1.807, 2.05) is 31.2 Å². The van der Waals surface area contributed by atoms with Gasteiger partial charge >= 0.3 is 0 Å². The molecule has 0 spiro atoms. The highest BCUT2D eigenvalue weighted by Crippen LogP contribution is 2.28. The zero-order chi connectivity index (χ0) is 20.4. The molecule has 4 rings (SSSR count). The van der Waals surface area contributed by atoms with E-state index in [1.165, 1.54) is 12.1 Å². The molecule has 1 heterocycles. The Balaban J connectivity index is 1.36. The predicted molar refractivity (Wildman–Crippen MR) is 115 cm³/mol. The number of nitrogens with one attached hydrogen (secondary N) is 2. The average molecular weight is 412 g/mol. The number of carbonyl (C=O) groups is 1. The number of aromatic nitrogens is 1. The van der Waals surface area contributed by atoms with Gasteiger partial charge in [0.05, 0.1) is 5.52 Å². The lowest BCUT2D eigenvalue weighted by Gasteiger charge is -2.30. The molecule has 1 amide bonds. The van der Waals surface area contributed by atoms with Crippen molar-refractivity contribution in [2.45, 2.75) is 44.7 Å². The predicted octanol–water partition coefficient (Wildman–Crippen LogP) is 5.49. The van der Waals surface area contributed by atoms with Gasteiger partial charge in [0, 0.05) is 39.9 Å². The van der Waals surface area contributed by atoms with Crippen molar-refractivity contribution in [3.8, 4) is 0 Å². The lowest BCUT2D eigenvalue weighted by atomic mass is 9.90. The van der Waals surface area contributed by atoms with E-state index in [2.05, 4.69) is 15.6 Å². The molecule has 2 aromatic carbocycles. The van der Waals surface area contributed by atoms with Gasteiger partial charge in [-0.25, -0.2) is 4.39 Å². The van der Waals surface area contributed by atoms with Crippen molar-refractivity contribution in [2.24, 2.45) is 0 Å². The highest BCUT2D eigenvalue weighted by atomic mass is 35.5. The summed E-state index contributed by atoms with van der Waals surface area (Å²) >= 11 is 6.07. The normalized spacial score (nSPS) is 19.1. The molecule has 0 radical (unpaired) electrons. The fourth-order valence-corrected chi connectivity index (χ4v) is 4.12. The molecule has 6 heteroatoms. The SMILES string of the molecule is Cc1ccc(F)cc1C(=O)NC1CCC(Nc2ccnc3cc(Cl)ccc23)CC1. The summed E-state index contributed by atoms with van der Waals surface area (Å²) in [5.74, 6) is -0.588. The molecule has 1 fully saturated rings. The molecule has 0 aliphatic heterocycles. The first-order chi connectivity index (χ1) is 14.0. The summed E-state index contributed by atoms with van der Waals surface area (Å²) in [6, 6.07) is 12.5. The van der Waals surface area contributed by atoms with Crippen LogP contribution in [0.1, 0.15) is 41.6 Å². The third kappa shape index (κ3) is 4.51. The molecule has 4 nitrogen and oxygen atoms in total. The molecule has 29 heavy (non-hydrogen) atoms. The zero-order valence-corrected chi connectivity index (χ0v) is 17.0. The maximum atomic E-state index is 13.5. The number of rotatable bonds is 4. The number of hydrogen-bond acceptors (Lipinski definition) is 3. The van der Waals surface area contributed by atoms with Gasteiger partial charge in [0.25, 0.3) is 5.91 Å². The van der Waals surface area contributed by atoms with E-state index < -0.39 is 0 Å². The monoisotopic (exact) mass is 411 g/mol. The average Bonchev–Trinajstić information content (AvgIpc) is 2.71. The Morgan fingerprint density at radius 2 is 1.83 bits per heavy atom. The second-order valence-electron chi connectivity index (χ2n) is 7.65. The van der Waals surface area contributed by atoms with Crippen LogP contribution in [0.3, 0.4) is 0 Å². The molecule has 0 unspecified atom stereocenters. The molecule has 0 bridgehead atoms. The number of pyridine rings is 1. The Bertz CT molecular complexity index is 1050. The largest absolute Gasteiger partial charge is 0.382 e. The Hall–Kier alpha value is -2.66. The third-order valence-corrected chi connectivity index (χ3v) is 5.81. The maximum absolute atomic E-state index is 13.5. The van der Waals surface area contributed by atoms with Gasteiger partial charge in [0.1, 0.15) is 5.82 Å². The van der Waals surface area contributed by atoms with Gasteiger partial charge in [-0.15, -0.1) is 0 Å². The number of nitrogens with zero attached hydrogens (tertiary/aromatic N) is 1. The van der Waals surface area contributed by atoms with Gasteiger partial charge in [-0.1, -0.05) is 17.7 Å². The quantitative estimate of drug-likeness (QED) is 0.597. The molecule has 0 saturated heterocycles. The van der Waals surface area contributed by atoms with Gasteiger partial charge in [-0.3, -0.25) is 9.78 Å². The van der Waals surface area contributed by atoms with Crippen LogP contribution in [0.2, 0.25) is 5.02 Å². The van der Waals surface area contributed by atoms with Crippen molar-refractivity contribution in [1.82, 2.24) is 10.3 Å². The molecule has 3 aromatic rings. The summed E-state index contributed by atoms with van der Waals surface area (Å²) in [6.07, 6.45) is 5.45. The Morgan fingerprint density at radius 1 is 1.07 bits per heavy atom. The number of aryl methyl sites for hydroxylation is 1. The van der Waals surface area contributed by atoms with E-state index in [1.54, 1.807) is 12.3 Å². The van der Waals surface area contributed by atoms with Gasteiger partial charge in [0.15, 0.2) is 0 Å². The van der Waals surface area contributed by atoms with Crippen LogP contribution in [0, 0.1) is 12.7 Å². The minimum Gasteiger partial charge on any atom is -0.382 e. The second-order valence-corrected chi connectivity index (χ2v) is 8.08. The van der Waals surface area contributed by atoms with Crippen LogP contribution in [-0.2, 0) is 0 Å². The fraction of sp³-hybridized carbons (Fsp3) is 0.304. The van der Waals surface area contributed by atoms with Crippen LogP contribution < -0.4 is 10.6 Å². The van der Waals surface area contributed by atoms with Crippen LogP contribution in [0.4, 0.5) is 10.1 Å². The second kappa shape index (κ2) is 8.37. The molecule has 1 aliphatic carbocycles. The fourth-order valence-electron chi connectivity index (χ4n) is 3.95. The van der Waals surface area contributed by atoms with Crippen molar-refractivity contribution >= 4 is 34.1 Å². The summed E-state index contributed by atoms with van der Waals surface area (Å²) < 4.78 is 13.5. The number of amides is 1. The summed E-state index contributed by atoms with van der Waals surface area (Å²) in [5, 5.41) is 8.41. The molecule has 1 aromatic heterocycles. The first-order valence-electron chi connectivity index (χ1n) is 9.87. The number of halogens is 2. The summed E-state index contributed by atoms with van der Waals surface area (Å²) in [7, 11) is 0. The van der Waals surface area contributed by atoms with Gasteiger partial charge in [0.2, 0.25) is 0 Å². The van der Waals surface area contributed by atoms with E-state index >= 15 is 0 Å². The van der Waals surface area contributed by atoms with E-state index in [-0.39, 0.29) is 17.8 Å². The van der Waals surface area contributed by atoms with E-state index in [0.717, 1.165) is 47.8 Å². The van der Waals surface area contributed by atoms with Crippen molar-refractivity contribution in [1.29, 1.82) is 0 Å². The van der Waals surface area contributed by atoms with Gasteiger partial charge in [-0.2, -0.15) is 0 Å². The third-order valence-electron chi connectivity index (χ3n) is 5.57. The topological polar surface area (TPSA) is 54.0 Å².